The molecule has 1 nitrogen and oxygen atoms in total. The van der Waals surface area contributed by atoms with Gasteiger partial charge in [-0.2, -0.15) is 0 Å². The Kier molecular flexibility index (Phi) is 4.79. The summed E-state index contributed by atoms with van der Waals surface area (Å²) < 4.78 is 13.6. The molecule has 0 bridgehead atoms. The lowest BCUT2D eigenvalue weighted by Crippen LogP contribution is -2.20. The van der Waals surface area contributed by atoms with E-state index in [1.165, 1.54) is 22.8 Å². The van der Waals surface area contributed by atoms with Crippen molar-refractivity contribution in [3.05, 3.63) is 69.5 Å². The Morgan fingerprint density at radius 1 is 1.20 bits per heavy atom. The van der Waals surface area contributed by atoms with Crippen molar-refractivity contribution in [2.24, 2.45) is 0 Å². The fraction of sp³-hybridized carbons (Fsp3) is 0.294. The molecular weight excluding hydrogens is 273 g/mol. The largest absolute Gasteiger partial charge is 0.313 e. The number of nitrogens with one attached hydrogen (secondary N) is 1. The SMILES string of the molecule is CNC(Cc1cc(C)ccc1C)c1cccc(F)c1Cl. The van der Waals surface area contributed by atoms with Crippen LogP contribution in [0.4, 0.5) is 4.39 Å². The van der Waals surface area contributed by atoms with Gasteiger partial charge < -0.3 is 5.32 Å². The maximum Gasteiger partial charge on any atom is 0.142 e. The third-order valence-corrected chi connectivity index (χ3v) is 4.03. The molecule has 0 aromatic heterocycles. The van der Waals surface area contributed by atoms with Crippen molar-refractivity contribution in [3.8, 4) is 0 Å². The van der Waals surface area contributed by atoms with Crippen molar-refractivity contribution in [2.45, 2.75) is 26.3 Å². The van der Waals surface area contributed by atoms with E-state index in [9.17, 15) is 4.39 Å². The number of hydrogen-bond donors (Lipinski definition) is 1. The van der Waals surface area contributed by atoms with Gasteiger partial charge in [0, 0.05) is 6.04 Å². The van der Waals surface area contributed by atoms with E-state index in [0.717, 1.165) is 12.0 Å². The third-order valence-electron chi connectivity index (χ3n) is 3.63. The van der Waals surface area contributed by atoms with Gasteiger partial charge in [0.1, 0.15) is 5.82 Å². The summed E-state index contributed by atoms with van der Waals surface area (Å²) in [6.07, 6.45) is 0.785. The molecule has 1 unspecified atom stereocenters. The van der Waals surface area contributed by atoms with Crippen LogP contribution in [0.25, 0.3) is 0 Å². The van der Waals surface area contributed by atoms with Crippen molar-refractivity contribution in [3.63, 3.8) is 0 Å². The summed E-state index contributed by atoms with van der Waals surface area (Å²) in [5, 5.41) is 3.44. The predicted molar refractivity (Wildman–Crippen MR) is 82.8 cm³/mol. The van der Waals surface area contributed by atoms with Crippen LogP contribution in [0.5, 0.6) is 0 Å². The molecule has 0 aliphatic rings. The van der Waals surface area contributed by atoms with Crippen molar-refractivity contribution in [1.82, 2.24) is 5.32 Å². The molecule has 3 heteroatoms. The standard InChI is InChI=1S/C17H19ClFN/c1-11-7-8-12(2)13(9-11)10-16(20-3)14-5-4-6-15(19)17(14)18/h4-9,16,20H,10H2,1-3H3. The number of hydrogen-bond acceptors (Lipinski definition) is 1. The maximum absolute atomic E-state index is 13.6. The monoisotopic (exact) mass is 291 g/mol. The van der Waals surface area contributed by atoms with E-state index in [0.29, 0.717) is 0 Å². The van der Waals surface area contributed by atoms with E-state index < -0.39 is 0 Å². The molecule has 0 aliphatic carbocycles. The number of aryl methyl sites for hydroxylation is 2. The summed E-state index contributed by atoms with van der Waals surface area (Å²) in [4.78, 5) is 0. The first-order chi connectivity index (χ1) is 9.52. The van der Waals surface area contributed by atoms with Crippen LogP contribution in [0.1, 0.15) is 28.3 Å². The van der Waals surface area contributed by atoms with Gasteiger partial charge in [0.15, 0.2) is 0 Å². The lowest BCUT2D eigenvalue weighted by Gasteiger charge is -2.20. The van der Waals surface area contributed by atoms with Crippen LogP contribution in [0.15, 0.2) is 36.4 Å². The van der Waals surface area contributed by atoms with Crippen LogP contribution >= 0.6 is 11.6 Å². The minimum absolute atomic E-state index is 0.00120. The highest BCUT2D eigenvalue weighted by atomic mass is 35.5. The van der Waals surface area contributed by atoms with E-state index in [4.69, 9.17) is 11.6 Å². The first-order valence-electron chi connectivity index (χ1n) is 6.70. The van der Waals surface area contributed by atoms with Gasteiger partial charge in [0.05, 0.1) is 5.02 Å². The molecule has 0 radical (unpaired) electrons. The first-order valence-corrected chi connectivity index (χ1v) is 7.08. The van der Waals surface area contributed by atoms with Crippen LogP contribution in [0, 0.1) is 19.7 Å². The van der Waals surface area contributed by atoms with Crippen molar-refractivity contribution >= 4 is 11.6 Å². The zero-order valence-corrected chi connectivity index (χ0v) is 12.8. The molecular formula is C17H19ClFN. The molecule has 1 atom stereocenters. The highest BCUT2D eigenvalue weighted by Gasteiger charge is 2.16. The molecule has 106 valence electrons. The van der Waals surface area contributed by atoms with Gasteiger partial charge in [-0.15, -0.1) is 0 Å². The molecule has 0 heterocycles. The number of halogens is 2. The van der Waals surface area contributed by atoms with Crippen molar-refractivity contribution in [2.75, 3.05) is 7.05 Å². The maximum atomic E-state index is 13.6. The summed E-state index contributed by atoms with van der Waals surface area (Å²) in [5.74, 6) is -0.370. The quantitative estimate of drug-likeness (QED) is 0.868. The Hall–Kier alpha value is -1.38. The van der Waals surface area contributed by atoms with Gasteiger partial charge in [-0.3, -0.25) is 0 Å². The van der Waals surface area contributed by atoms with Crippen LogP contribution in [0.3, 0.4) is 0 Å². The van der Waals surface area contributed by atoms with Crippen LogP contribution < -0.4 is 5.32 Å². The molecule has 0 saturated heterocycles. The zero-order chi connectivity index (χ0) is 14.7. The predicted octanol–water partition coefficient (Wildman–Crippen LogP) is 4.60. The molecule has 0 aliphatic heterocycles. The topological polar surface area (TPSA) is 12.0 Å². The summed E-state index contributed by atoms with van der Waals surface area (Å²) >= 11 is 6.09. The number of likely N-dealkylation sites (N-methyl/N-ethyl adjacent to an activating group) is 1. The summed E-state index contributed by atoms with van der Waals surface area (Å²) in [6.45, 7) is 4.17. The summed E-state index contributed by atoms with van der Waals surface area (Å²) in [7, 11) is 1.87. The van der Waals surface area contributed by atoms with Crippen molar-refractivity contribution in [1.29, 1.82) is 0 Å². The summed E-state index contributed by atoms with van der Waals surface area (Å²) in [6, 6.07) is 11.3. The zero-order valence-electron chi connectivity index (χ0n) is 12.0. The van der Waals surface area contributed by atoms with Crippen LogP contribution in [0.2, 0.25) is 5.02 Å². The second kappa shape index (κ2) is 6.38. The fourth-order valence-corrected chi connectivity index (χ4v) is 2.65. The Morgan fingerprint density at radius 3 is 2.65 bits per heavy atom. The minimum atomic E-state index is -0.370. The van der Waals surface area contributed by atoms with E-state index in [2.05, 4.69) is 37.4 Å². The minimum Gasteiger partial charge on any atom is -0.313 e. The molecule has 20 heavy (non-hydrogen) atoms. The normalized spacial score (nSPS) is 12.4. The molecule has 2 aromatic carbocycles. The van der Waals surface area contributed by atoms with E-state index in [1.54, 1.807) is 6.07 Å². The lowest BCUT2D eigenvalue weighted by molar-refractivity contribution is 0.576. The molecule has 2 rings (SSSR count). The van der Waals surface area contributed by atoms with E-state index in [-0.39, 0.29) is 16.9 Å². The fourth-order valence-electron chi connectivity index (χ4n) is 2.40. The third kappa shape index (κ3) is 3.20. The Labute approximate surface area is 124 Å². The van der Waals surface area contributed by atoms with Gasteiger partial charge in [-0.25, -0.2) is 4.39 Å². The first kappa shape index (κ1) is 15.0. The molecule has 1 N–H and O–H groups in total. The van der Waals surface area contributed by atoms with Gasteiger partial charge >= 0.3 is 0 Å². The molecule has 0 spiro atoms. The lowest BCUT2D eigenvalue weighted by atomic mass is 9.95. The Bertz CT molecular complexity index is 610. The second-order valence-electron chi connectivity index (χ2n) is 5.12. The molecule has 0 amide bonds. The van der Waals surface area contributed by atoms with Crippen LogP contribution in [-0.4, -0.2) is 7.05 Å². The number of benzene rings is 2. The summed E-state index contributed by atoms with van der Waals surface area (Å²) in [5.41, 5.74) is 4.52. The smallest absolute Gasteiger partial charge is 0.142 e. The number of rotatable bonds is 4. The van der Waals surface area contributed by atoms with Gasteiger partial charge in [0.25, 0.3) is 0 Å². The van der Waals surface area contributed by atoms with Gasteiger partial charge in [0.2, 0.25) is 0 Å². The average molecular weight is 292 g/mol. The second-order valence-corrected chi connectivity index (χ2v) is 5.50. The van der Waals surface area contributed by atoms with Gasteiger partial charge in [-0.1, -0.05) is 47.5 Å². The Balaban J connectivity index is 2.34. The highest BCUT2D eigenvalue weighted by Crippen LogP contribution is 2.28. The van der Waals surface area contributed by atoms with E-state index in [1.807, 2.05) is 13.1 Å². The average Bonchev–Trinajstić information content (AvgIpc) is 2.43. The van der Waals surface area contributed by atoms with E-state index >= 15 is 0 Å². The molecule has 0 saturated carbocycles. The molecule has 0 fully saturated rings. The van der Waals surface area contributed by atoms with Crippen molar-refractivity contribution < 1.29 is 4.39 Å². The van der Waals surface area contributed by atoms with Crippen LogP contribution in [-0.2, 0) is 6.42 Å². The highest BCUT2D eigenvalue weighted by molar-refractivity contribution is 6.31. The van der Waals surface area contributed by atoms with Gasteiger partial charge in [-0.05, 0) is 50.1 Å². The Morgan fingerprint density at radius 2 is 1.95 bits per heavy atom. The molecule has 2 aromatic rings.